The number of anilines is 3. The summed E-state index contributed by atoms with van der Waals surface area (Å²) in [6.07, 6.45) is 0. The predicted molar refractivity (Wildman–Crippen MR) is 265 cm³/mol. The molecule has 0 fully saturated rings. The van der Waals surface area contributed by atoms with Crippen LogP contribution in [0.3, 0.4) is 0 Å². The molecule has 0 aliphatic heterocycles. The molecule has 298 valence electrons. The van der Waals surface area contributed by atoms with Gasteiger partial charge in [0.15, 0.2) is 0 Å². The van der Waals surface area contributed by atoms with Crippen molar-refractivity contribution in [1.82, 2.24) is 0 Å². The Morgan fingerprint density at radius 1 is 0.349 bits per heavy atom. The van der Waals surface area contributed by atoms with Crippen LogP contribution in [0.25, 0.3) is 88.3 Å². The van der Waals surface area contributed by atoms with Crippen LogP contribution in [0.4, 0.5) is 17.1 Å². The number of para-hydroxylation sites is 2. The highest BCUT2D eigenvalue weighted by Crippen LogP contribution is 2.50. The first-order valence-electron chi connectivity index (χ1n) is 21.8. The molecule has 1 aliphatic rings. The molecule has 1 heterocycles. The first-order chi connectivity index (χ1) is 31.0. The van der Waals surface area contributed by atoms with Gasteiger partial charge in [0.25, 0.3) is 0 Å². The maximum Gasteiger partial charge on any atom is 0.135 e. The second-order valence-electron chi connectivity index (χ2n) is 17.3. The minimum Gasteiger partial charge on any atom is -0.456 e. The van der Waals surface area contributed by atoms with Crippen molar-refractivity contribution in [3.05, 3.63) is 236 Å². The molecule has 10 aromatic carbocycles. The summed E-state index contributed by atoms with van der Waals surface area (Å²) in [5.74, 6) is 0. The van der Waals surface area contributed by atoms with Crippen LogP contribution in [0.5, 0.6) is 0 Å². The molecule has 2 heteroatoms. The molecular weight excluding hydrogens is 763 g/mol. The van der Waals surface area contributed by atoms with Crippen LogP contribution in [-0.2, 0) is 5.41 Å². The molecule has 0 saturated heterocycles. The van der Waals surface area contributed by atoms with E-state index < -0.39 is 0 Å². The van der Waals surface area contributed by atoms with Gasteiger partial charge < -0.3 is 9.32 Å². The number of fused-ring (bicyclic) bond motifs is 7. The third kappa shape index (κ3) is 6.09. The lowest BCUT2D eigenvalue weighted by molar-refractivity contribution is 0.660. The largest absolute Gasteiger partial charge is 0.456 e. The van der Waals surface area contributed by atoms with Gasteiger partial charge in [-0.25, -0.2) is 0 Å². The standard InChI is InChI=1S/C61H43NO/c1-61(2)55-23-9-6-18-49(55)50-36-30-45(39-56(50)61)41-28-34-47(35-29-41)62(46-32-26-40(27-33-46)44-31-37-59-54(38-44)52-20-8-11-25-58(52)63-59)57-24-10-7-19-51(57)53-22-13-17-43-16-12-21-48(60(43)53)42-14-4-3-5-15-42/h3-39H,1-2H3. The normalized spacial score (nSPS) is 12.7. The van der Waals surface area contributed by atoms with Gasteiger partial charge >= 0.3 is 0 Å². The van der Waals surface area contributed by atoms with Crippen molar-refractivity contribution >= 4 is 49.8 Å². The summed E-state index contributed by atoms with van der Waals surface area (Å²) in [5.41, 5.74) is 20.0. The molecule has 0 spiro atoms. The predicted octanol–water partition coefficient (Wildman–Crippen LogP) is 17.2. The molecule has 0 saturated carbocycles. The van der Waals surface area contributed by atoms with E-state index in [-0.39, 0.29) is 5.41 Å². The zero-order chi connectivity index (χ0) is 42.1. The monoisotopic (exact) mass is 805 g/mol. The average Bonchev–Trinajstić information content (AvgIpc) is 3.83. The average molecular weight is 806 g/mol. The Bertz CT molecular complexity index is 3520. The van der Waals surface area contributed by atoms with Crippen LogP contribution < -0.4 is 4.90 Å². The van der Waals surface area contributed by atoms with E-state index in [1.54, 1.807) is 0 Å². The number of hydrogen-bond acceptors (Lipinski definition) is 2. The summed E-state index contributed by atoms with van der Waals surface area (Å²) in [6.45, 7) is 4.70. The Morgan fingerprint density at radius 2 is 0.905 bits per heavy atom. The second kappa shape index (κ2) is 14.6. The molecule has 1 aliphatic carbocycles. The lowest BCUT2D eigenvalue weighted by Gasteiger charge is -2.29. The third-order valence-electron chi connectivity index (χ3n) is 13.3. The van der Waals surface area contributed by atoms with Gasteiger partial charge in [-0.3, -0.25) is 0 Å². The fraction of sp³-hybridized carbons (Fsp3) is 0.0492. The first kappa shape index (κ1) is 36.9. The van der Waals surface area contributed by atoms with E-state index in [4.69, 9.17) is 4.42 Å². The minimum absolute atomic E-state index is 0.0609. The summed E-state index contributed by atoms with van der Waals surface area (Å²) in [6, 6.07) is 81.7. The Morgan fingerprint density at radius 3 is 1.67 bits per heavy atom. The number of hydrogen-bond donors (Lipinski definition) is 0. The molecule has 2 nitrogen and oxygen atoms in total. The highest BCUT2D eigenvalue weighted by Gasteiger charge is 2.35. The molecule has 0 radical (unpaired) electrons. The van der Waals surface area contributed by atoms with Crippen LogP contribution in [0, 0.1) is 0 Å². The maximum atomic E-state index is 6.17. The van der Waals surface area contributed by atoms with Crippen molar-refractivity contribution in [1.29, 1.82) is 0 Å². The zero-order valence-corrected chi connectivity index (χ0v) is 35.2. The van der Waals surface area contributed by atoms with Gasteiger partial charge in [0.2, 0.25) is 0 Å². The van der Waals surface area contributed by atoms with E-state index in [9.17, 15) is 0 Å². The summed E-state index contributed by atoms with van der Waals surface area (Å²) in [7, 11) is 0. The Labute approximate surface area is 368 Å². The topological polar surface area (TPSA) is 16.4 Å². The summed E-state index contributed by atoms with van der Waals surface area (Å²) in [4.78, 5) is 2.42. The fourth-order valence-electron chi connectivity index (χ4n) is 10.1. The zero-order valence-electron chi connectivity index (χ0n) is 35.2. The third-order valence-corrected chi connectivity index (χ3v) is 13.3. The molecule has 0 N–H and O–H groups in total. The smallest absolute Gasteiger partial charge is 0.135 e. The summed E-state index contributed by atoms with van der Waals surface area (Å²) in [5, 5.41) is 4.72. The van der Waals surface area contributed by atoms with Crippen LogP contribution in [-0.4, -0.2) is 0 Å². The Hall–Kier alpha value is -7.94. The van der Waals surface area contributed by atoms with Gasteiger partial charge in [-0.15, -0.1) is 0 Å². The Balaban J connectivity index is 0.992. The first-order valence-corrected chi connectivity index (χ1v) is 21.8. The maximum absolute atomic E-state index is 6.17. The van der Waals surface area contributed by atoms with Gasteiger partial charge in [-0.2, -0.15) is 0 Å². The van der Waals surface area contributed by atoms with Crippen LogP contribution >= 0.6 is 0 Å². The molecule has 12 rings (SSSR count). The molecule has 0 bridgehead atoms. The van der Waals surface area contributed by atoms with Crippen molar-refractivity contribution < 1.29 is 4.42 Å². The van der Waals surface area contributed by atoms with Gasteiger partial charge in [0, 0.05) is 33.1 Å². The van der Waals surface area contributed by atoms with Crippen LogP contribution in [0.2, 0.25) is 0 Å². The number of nitrogens with zero attached hydrogens (tertiary/aromatic N) is 1. The molecule has 63 heavy (non-hydrogen) atoms. The molecule has 0 unspecified atom stereocenters. The SMILES string of the molecule is CC1(C)c2ccccc2-c2ccc(-c3ccc(N(c4ccc(-c5ccc6oc7ccccc7c6c5)cc4)c4ccccc4-c4cccc5cccc(-c6ccccc6)c45)cc3)cc21. The van der Waals surface area contributed by atoms with Gasteiger partial charge in [0.05, 0.1) is 5.69 Å². The second-order valence-corrected chi connectivity index (χ2v) is 17.3. The highest BCUT2D eigenvalue weighted by molar-refractivity contribution is 6.09. The van der Waals surface area contributed by atoms with E-state index in [1.165, 1.54) is 60.8 Å². The van der Waals surface area contributed by atoms with E-state index in [1.807, 2.05) is 12.1 Å². The van der Waals surface area contributed by atoms with Crippen molar-refractivity contribution in [2.75, 3.05) is 4.90 Å². The highest BCUT2D eigenvalue weighted by atomic mass is 16.3. The van der Waals surface area contributed by atoms with Crippen LogP contribution in [0.15, 0.2) is 229 Å². The van der Waals surface area contributed by atoms with E-state index in [2.05, 4.69) is 231 Å². The van der Waals surface area contributed by atoms with Crippen LogP contribution in [0.1, 0.15) is 25.0 Å². The van der Waals surface area contributed by atoms with E-state index >= 15 is 0 Å². The van der Waals surface area contributed by atoms with Gasteiger partial charge in [-0.1, -0.05) is 184 Å². The fourth-order valence-corrected chi connectivity index (χ4v) is 10.1. The molecule has 1 aromatic heterocycles. The number of furan rings is 1. The van der Waals surface area contributed by atoms with Crippen molar-refractivity contribution in [2.45, 2.75) is 19.3 Å². The van der Waals surface area contributed by atoms with Gasteiger partial charge in [0.1, 0.15) is 11.2 Å². The van der Waals surface area contributed by atoms with E-state index in [0.717, 1.165) is 55.7 Å². The van der Waals surface area contributed by atoms with Crippen molar-refractivity contribution in [3.63, 3.8) is 0 Å². The van der Waals surface area contributed by atoms with Crippen molar-refractivity contribution in [3.8, 4) is 55.6 Å². The molecule has 0 atom stereocenters. The quantitative estimate of drug-likeness (QED) is 0.160. The lowest BCUT2D eigenvalue weighted by atomic mass is 9.81. The molecular formula is C61H43NO. The number of rotatable bonds is 7. The van der Waals surface area contributed by atoms with Gasteiger partial charge in [-0.05, 0) is 127 Å². The summed E-state index contributed by atoms with van der Waals surface area (Å²) >= 11 is 0. The van der Waals surface area contributed by atoms with E-state index in [0.29, 0.717) is 0 Å². The summed E-state index contributed by atoms with van der Waals surface area (Å²) < 4.78 is 6.17. The number of benzene rings is 10. The minimum atomic E-state index is -0.0609. The Kier molecular flexibility index (Phi) is 8.55. The molecule has 11 aromatic rings. The lowest BCUT2D eigenvalue weighted by Crippen LogP contribution is -2.14. The van der Waals surface area contributed by atoms with Crippen molar-refractivity contribution in [2.24, 2.45) is 0 Å². The molecule has 0 amide bonds.